The first-order valence-corrected chi connectivity index (χ1v) is 17.5. The zero-order chi connectivity index (χ0) is 34.3. The SMILES string of the molecule is Cc1nnc(-c2ccc(CNC(=O)CCOCCOCCOCCOCCOCCOCCOCCOCCNC(=O)CI)cc2)nn1. The van der Waals surface area contributed by atoms with E-state index in [4.69, 9.17) is 37.9 Å². The lowest BCUT2D eigenvalue weighted by Gasteiger charge is -2.09. The Balaban J connectivity index is 1.24. The molecule has 0 saturated heterocycles. The van der Waals surface area contributed by atoms with Gasteiger partial charge in [-0.25, -0.2) is 0 Å². The van der Waals surface area contributed by atoms with Crippen molar-refractivity contribution in [3.8, 4) is 11.4 Å². The van der Waals surface area contributed by atoms with Crippen molar-refractivity contribution >= 4 is 34.4 Å². The number of nitrogens with one attached hydrogen (secondary N) is 2. The van der Waals surface area contributed by atoms with Gasteiger partial charge >= 0.3 is 0 Å². The Bertz CT molecular complexity index is 1090. The predicted octanol–water partition coefficient (Wildman–Crippen LogP) is 0.932. The van der Waals surface area contributed by atoms with Gasteiger partial charge in [0.05, 0.1) is 110 Å². The Kier molecular flexibility index (Phi) is 25.6. The van der Waals surface area contributed by atoms with Gasteiger partial charge in [0, 0.05) is 25.1 Å². The standard InChI is InChI=1S/C31H49IN6O10/c1-26-35-37-31(38-36-26)28-4-2-27(3-5-28)25-34-29(39)6-8-41-10-12-43-14-16-45-18-20-47-22-23-48-21-19-46-17-15-44-13-11-42-9-7-33-30(40)24-32/h2-5H,6-25H2,1H3,(H,33,40)(H,34,39). The minimum Gasteiger partial charge on any atom is -0.379 e. The quantitative estimate of drug-likeness (QED) is 0.0625. The van der Waals surface area contributed by atoms with Crippen molar-refractivity contribution < 1.29 is 47.5 Å². The molecule has 0 aliphatic heterocycles. The van der Waals surface area contributed by atoms with Gasteiger partial charge in [0.2, 0.25) is 17.6 Å². The maximum atomic E-state index is 12.1. The largest absolute Gasteiger partial charge is 0.379 e. The van der Waals surface area contributed by atoms with Gasteiger partial charge in [-0.1, -0.05) is 46.9 Å². The van der Waals surface area contributed by atoms with Gasteiger partial charge in [-0.3, -0.25) is 9.59 Å². The Labute approximate surface area is 295 Å². The van der Waals surface area contributed by atoms with Crippen molar-refractivity contribution in [1.29, 1.82) is 0 Å². The third kappa shape index (κ3) is 23.0. The summed E-state index contributed by atoms with van der Waals surface area (Å²) in [6, 6.07) is 7.55. The van der Waals surface area contributed by atoms with E-state index in [2.05, 4.69) is 31.0 Å². The van der Waals surface area contributed by atoms with Crippen LogP contribution in [0.2, 0.25) is 0 Å². The third-order valence-corrected chi connectivity index (χ3v) is 6.74. The van der Waals surface area contributed by atoms with Gasteiger partial charge in [-0.05, 0) is 12.5 Å². The molecule has 1 aromatic carbocycles. The summed E-state index contributed by atoms with van der Waals surface area (Å²) in [4.78, 5) is 23.1. The molecule has 0 spiro atoms. The van der Waals surface area contributed by atoms with E-state index < -0.39 is 0 Å². The second-order valence-corrected chi connectivity index (χ2v) is 10.6. The van der Waals surface area contributed by atoms with Gasteiger partial charge < -0.3 is 48.5 Å². The first-order chi connectivity index (χ1) is 23.6. The van der Waals surface area contributed by atoms with Crippen LogP contribution in [-0.4, -0.2) is 149 Å². The average Bonchev–Trinajstić information content (AvgIpc) is 3.10. The van der Waals surface area contributed by atoms with E-state index >= 15 is 0 Å². The molecule has 2 rings (SSSR count). The van der Waals surface area contributed by atoms with Crippen LogP contribution in [0.3, 0.4) is 0 Å². The summed E-state index contributed by atoms with van der Waals surface area (Å²) in [5, 5.41) is 21.5. The molecule has 0 fully saturated rings. The van der Waals surface area contributed by atoms with Crippen LogP contribution in [0.1, 0.15) is 17.8 Å². The fourth-order valence-electron chi connectivity index (χ4n) is 3.57. The number of alkyl halides is 1. The molecule has 17 heteroatoms. The number of hydrogen-bond donors (Lipinski definition) is 2. The molecule has 2 N–H and O–H groups in total. The number of carbonyl (C=O) groups excluding carboxylic acids is 2. The number of carbonyl (C=O) groups is 2. The highest BCUT2D eigenvalue weighted by atomic mass is 127. The molecular weight excluding hydrogens is 743 g/mol. The van der Waals surface area contributed by atoms with Gasteiger partial charge in [-0.2, -0.15) is 0 Å². The number of amides is 2. The van der Waals surface area contributed by atoms with Gasteiger partial charge in [0.25, 0.3) is 0 Å². The molecule has 48 heavy (non-hydrogen) atoms. The number of halogens is 1. The average molecular weight is 793 g/mol. The fraction of sp³-hybridized carbons (Fsp3) is 0.677. The van der Waals surface area contributed by atoms with Crippen molar-refractivity contribution in [2.45, 2.75) is 19.9 Å². The summed E-state index contributed by atoms with van der Waals surface area (Å²) in [7, 11) is 0. The lowest BCUT2D eigenvalue weighted by atomic mass is 10.1. The minimum atomic E-state index is -0.0878. The maximum absolute atomic E-state index is 12.1. The molecule has 0 atom stereocenters. The number of hydrogen-bond acceptors (Lipinski definition) is 14. The Morgan fingerprint density at radius 1 is 0.562 bits per heavy atom. The molecule has 16 nitrogen and oxygen atoms in total. The van der Waals surface area contributed by atoms with Crippen molar-refractivity contribution in [1.82, 2.24) is 31.0 Å². The summed E-state index contributed by atoms with van der Waals surface area (Å²) in [5.41, 5.74) is 1.77. The molecule has 1 heterocycles. The molecule has 0 bridgehead atoms. The van der Waals surface area contributed by atoms with Crippen molar-refractivity contribution in [2.75, 3.05) is 117 Å². The third-order valence-electron chi connectivity index (χ3n) is 6.05. The number of rotatable bonds is 31. The minimum absolute atomic E-state index is 0.00776. The Hall–Kier alpha value is -2.49. The van der Waals surface area contributed by atoms with E-state index in [9.17, 15) is 9.59 Å². The second-order valence-electron chi connectivity index (χ2n) is 9.88. The van der Waals surface area contributed by atoms with E-state index in [1.165, 1.54) is 0 Å². The van der Waals surface area contributed by atoms with Gasteiger partial charge in [-0.15, -0.1) is 20.4 Å². The number of ether oxygens (including phenoxy) is 8. The van der Waals surface area contributed by atoms with Crippen LogP contribution >= 0.6 is 22.6 Å². The van der Waals surface area contributed by atoms with Crippen LogP contribution < -0.4 is 10.6 Å². The number of aromatic nitrogens is 4. The summed E-state index contributed by atoms with van der Waals surface area (Å²) >= 11 is 2.01. The molecule has 0 aliphatic carbocycles. The summed E-state index contributed by atoms with van der Waals surface area (Å²) < 4.78 is 44.0. The van der Waals surface area contributed by atoms with Gasteiger partial charge in [0.1, 0.15) is 0 Å². The summed E-state index contributed by atoms with van der Waals surface area (Å²) in [6.07, 6.45) is 0.269. The van der Waals surface area contributed by atoms with Crippen LogP contribution in [0.4, 0.5) is 0 Å². The molecule has 2 aromatic rings. The van der Waals surface area contributed by atoms with Crippen molar-refractivity contribution in [3.63, 3.8) is 0 Å². The van der Waals surface area contributed by atoms with Crippen LogP contribution in [0.25, 0.3) is 11.4 Å². The Morgan fingerprint density at radius 3 is 1.42 bits per heavy atom. The number of nitrogens with zero attached hydrogens (tertiary/aromatic N) is 4. The van der Waals surface area contributed by atoms with E-state index in [0.29, 0.717) is 135 Å². The predicted molar refractivity (Wildman–Crippen MR) is 183 cm³/mol. The molecular formula is C31H49IN6O10. The van der Waals surface area contributed by atoms with E-state index in [-0.39, 0.29) is 18.2 Å². The zero-order valence-electron chi connectivity index (χ0n) is 27.7. The molecule has 0 aliphatic rings. The summed E-state index contributed by atoms with van der Waals surface area (Å²) in [6.45, 7) is 9.99. The maximum Gasteiger partial charge on any atom is 0.229 e. The molecule has 270 valence electrons. The normalized spacial score (nSPS) is 11.1. The molecule has 1 aromatic heterocycles. The summed E-state index contributed by atoms with van der Waals surface area (Å²) in [5.74, 6) is 0.893. The van der Waals surface area contributed by atoms with Crippen LogP contribution in [0.15, 0.2) is 24.3 Å². The topological polar surface area (TPSA) is 184 Å². The van der Waals surface area contributed by atoms with Gasteiger partial charge in [0.15, 0.2) is 5.82 Å². The highest BCUT2D eigenvalue weighted by Gasteiger charge is 2.05. The zero-order valence-corrected chi connectivity index (χ0v) is 29.9. The van der Waals surface area contributed by atoms with E-state index in [0.717, 1.165) is 11.1 Å². The van der Waals surface area contributed by atoms with E-state index in [1.54, 1.807) is 6.92 Å². The Morgan fingerprint density at radius 2 is 0.979 bits per heavy atom. The smallest absolute Gasteiger partial charge is 0.229 e. The second kappa shape index (κ2) is 29.4. The monoisotopic (exact) mass is 792 g/mol. The molecule has 0 unspecified atom stereocenters. The molecule has 0 radical (unpaired) electrons. The van der Waals surface area contributed by atoms with E-state index in [1.807, 2.05) is 46.9 Å². The van der Waals surface area contributed by atoms with Crippen molar-refractivity contribution in [2.24, 2.45) is 0 Å². The van der Waals surface area contributed by atoms with Crippen LogP contribution in [-0.2, 0) is 54.0 Å². The first kappa shape index (κ1) is 41.7. The molecule has 2 amide bonds. The van der Waals surface area contributed by atoms with Crippen LogP contribution in [0.5, 0.6) is 0 Å². The highest BCUT2D eigenvalue weighted by Crippen LogP contribution is 2.14. The number of benzene rings is 1. The highest BCUT2D eigenvalue weighted by molar-refractivity contribution is 14.1. The van der Waals surface area contributed by atoms with Crippen molar-refractivity contribution in [3.05, 3.63) is 35.7 Å². The fourth-order valence-corrected chi connectivity index (χ4v) is 3.84. The molecule has 0 saturated carbocycles. The number of aryl methyl sites for hydroxylation is 1. The van der Waals surface area contributed by atoms with Crippen LogP contribution in [0, 0.1) is 6.92 Å². The first-order valence-electron chi connectivity index (χ1n) is 15.9. The lowest BCUT2D eigenvalue weighted by molar-refractivity contribution is -0.122. The lowest BCUT2D eigenvalue weighted by Crippen LogP contribution is -2.28.